The lowest BCUT2D eigenvalue weighted by molar-refractivity contribution is 0.0991. The van der Waals surface area contributed by atoms with Gasteiger partial charge in [0.05, 0.1) is 6.20 Å². The van der Waals surface area contributed by atoms with Crippen LogP contribution >= 0.6 is 46.4 Å². The number of pyridine rings is 1. The Labute approximate surface area is 111 Å². The third-order valence-electron chi connectivity index (χ3n) is 1.97. The summed E-state index contributed by atoms with van der Waals surface area (Å²) in [5, 5.41) is 0.326. The summed E-state index contributed by atoms with van der Waals surface area (Å²) in [6.07, 6.45) is 1.32. The number of alkyl halides is 3. The molecule has 0 aliphatic carbocycles. The second-order valence-electron chi connectivity index (χ2n) is 3.01. The Morgan fingerprint density at radius 2 is 2.00 bits per heavy atom. The highest BCUT2D eigenvalue weighted by molar-refractivity contribution is 6.77. The van der Waals surface area contributed by atoms with Gasteiger partial charge in [-0.15, -0.1) is 0 Å². The maximum Gasteiger partial charge on any atom is 0.255 e. The Morgan fingerprint density at radius 3 is 2.62 bits per heavy atom. The van der Waals surface area contributed by atoms with E-state index in [1.807, 2.05) is 0 Å². The van der Waals surface area contributed by atoms with Crippen LogP contribution in [-0.4, -0.2) is 19.0 Å². The van der Waals surface area contributed by atoms with E-state index in [1.54, 1.807) is 18.2 Å². The molecule has 84 valence electrons. The predicted octanol–water partition coefficient (Wildman–Crippen LogP) is 3.54. The molecule has 2 heterocycles. The molecule has 0 fully saturated rings. The standard InChI is InChI=1S/C9H4Cl4N2O/c10-6-2-1-3-7-14-4-5(15(6)7)8(16)9(11,12)13/h1-4H. The van der Waals surface area contributed by atoms with Gasteiger partial charge in [-0.3, -0.25) is 9.20 Å². The van der Waals surface area contributed by atoms with Crippen molar-refractivity contribution in [2.24, 2.45) is 0 Å². The first-order valence-electron chi connectivity index (χ1n) is 4.15. The van der Waals surface area contributed by atoms with Crippen LogP contribution in [0.15, 0.2) is 24.4 Å². The van der Waals surface area contributed by atoms with Crippen LogP contribution < -0.4 is 0 Å². The van der Waals surface area contributed by atoms with Gasteiger partial charge in [-0.05, 0) is 12.1 Å². The number of Topliss-reactive ketones (excluding diaryl/α,β-unsaturated/α-hetero) is 1. The summed E-state index contributed by atoms with van der Waals surface area (Å²) >= 11 is 22.5. The highest BCUT2D eigenvalue weighted by Gasteiger charge is 2.34. The molecule has 0 aliphatic heterocycles. The summed E-state index contributed by atoms with van der Waals surface area (Å²) in [6.45, 7) is 0. The van der Waals surface area contributed by atoms with E-state index in [4.69, 9.17) is 46.4 Å². The van der Waals surface area contributed by atoms with Crippen molar-refractivity contribution in [1.82, 2.24) is 9.38 Å². The average Bonchev–Trinajstić information content (AvgIpc) is 2.60. The molecule has 0 unspecified atom stereocenters. The van der Waals surface area contributed by atoms with Crippen molar-refractivity contribution in [2.75, 3.05) is 0 Å². The van der Waals surface area contributed by atoms with Crippen LogP contribution in [0.3, 0.4) is 0 Å². The highest BCUT2D eigenvalue weighted by Crippen LogP contribution is 2.31. The van der Waals surface area contributed by atoms with Crippen LogP contribution in [0, 0.1) is 0 Å². The fourth-order valence-corrected chi connectivity index (χ4v) is 1.84. The molecule has 0 radical (unpaired) electrons. The zero-order valence-electron chi connectivity index (χ0n) is 7.62. The van der Waals surface area contributed by atoms with Gasteiger partial charge in [0.15, 0.2) is 0 Å². The smallest absolute Gasteiger partial charge is 0.255 e. The lowest BCUT2D eigenvalue weighted by atomic mass is 10.3. The molecular formula is C9H4Cl4N2O. The number of nitrogens with zero attached hydrogens (tertiary/aromatic N) is 2. The van der Waals surface area contributed by atoms with Crippen molar-refractivity contribution in [2.45, 2.75) is 3.79 Å². The quantitative estimate of drug-likeness (QED) is 0.458. The minimum absolute atomic E-state index is 0.139. The Kier molecular flexibility index (Phi) is 3.05. The van der Waals surface area contributed by atoms with Gasteiger partial charge in [-0.2, -0.15) is 0 Å². The van der Waals surface area contributed by atoms with Crippen molar-refractivity contribution < 1.29 is 4.79 Å². The van der Waals surface area contributed by atoms with E-state index in [0.717, 1.165) is 0 Å². The number of fused-ring (bicyclic) bond motifs is 1. The van der Waals surface area contributed by atoms with Crippen molar-refractivity contribution in [1.29, 1.82) is 0 Å². The molecule has 0 spiro atoms. The summed E-state index contributed by atoms with van der Waals surface area (Å²) in [5.41, 5.74) is 0.658. The summed E-state index contributed by atoms with van der Waals surface area (Å²) in [5.74, 6) is -0.668. The number of carbonyl (C=O) groups is 1. The third-order valence-corrected chi connectivity index (χ3v) is 2.78. The fraction of sp³-hybridized carbons (Fsp3) is 0.111. The van der Waals surface area contributed by atoms with E-state index >= 15 is 0 Å². The van der Waals surface area contributed by atoms with E-state index in [9.17, 15) is 4.79 Å². The number of ketones is 1. The van der Waals surface area contributed by atoms with Crippen LogP contribution in [0.2, 0.25) is 5.15 Å². The fourth-order valence-electron chi connectivity index (χ4n) is 1.30. The zero-order valence-corrected chi connectivity index (χ0v) is 10.6. The van der Waals surface area contributed by atoms with Gasteiger partial charge in [0, 0.05) is 0 Å². The molecule has 0 aliphatic rings. The van der Waals surface area contributed by atoms with Gasteiger partial charge >= 0.3 is 0 Å². The number of hydrogen-bond acceptors (Lipinski definition) is 2. The Hall–Kier alpha value is -0.480. The normalized spacial score (nSPS) is 12.0. The monoisotopic (exact) mass is 296 g/mol. The number of hydrogen-bond donors (Lipinski definition) is 0. The van der Waals surface area contributed by atoms with Gasteiger partial charge in [0.1, 0.15) is 16.5 Å². The number of halogens is 4. The summed E-state index contributed by atoms with van der Waals surface area (Å²) in [7, 11) is 0. The minimum Gasteiger partial charge on any atom is -0.288 e. The second-order valence-corrected chi connectivity index (χ2v) is 5.68. The topological polar surface area (TPSA) is 34.4 Å². The van der Waals surface area contributed by atoms with Crippen molar-refractivity contribution in [3.8, 4) is 0 Å². The molecule has 16 heavy (non-hydrogen) atoms. The Bertz CT molecular complexity index is 558. The number of rotatable bonds is 1. The van der Waals surface area contributed by atoms with Crippen LogP contribution in [0.4, 0.5) is 0 Å². The summed E-state index contributed by atoms with van der Waals surface area (Å²) in [4.78, 5) is 15.8. The lowest BCUT2D eigenvalue weighted by Crippen LogP contribution is -2.20. The van der Waals surface area contributed by atoms with E-state index in [-0.39, 0.29) is 5.69 Å². The molecule has 0 aromatic carbocycles. The van der Waals surface area contributed by atoms with E-state index in [0.29, 0.717) is 10.8 Å². The first-order valence-corrected chi connectivity index (χ1v) is 5.66. The molecule has 2 aromatic rings. The molecule has 0 N–H and O–H groups in total. The number of aromatic nitrogens is 2. The SMILES string of the molecule is O=C(c1cnc2cccc(Cl)n12)C(Cl)(Cl)Cl. The highest BCUT2D eigenvalue weighted by atomic mass is 35.6. The molecule has 0 atom stereocenters. The van der Waals surface area contributed by atoms with Gasteiger partial charge in [-0.1, -0.05) is 52.5 Å². The van der Waals surface area contributed by atoms with Crippen LogP contribution in [-0.2, 0) is 0 Å². The van der Waals surface area contributed by atoms with Crippen LogP contribution in [0.25, 0.3) is 5.65 Å². The maximum atomic E-state index is 11.8. The average molecular weight is 298 g/mol. The van der Waals surface area contributed by atoms with Crippen molar-refractivity contribution in [3.63, 3.8) is 0 Å². The number of carbonyl (C=O) groups excluding carboxylic acids is 1. The van der Waals surface area contributed by atoms with Crippen molar-refractivity contribution >= 4 is 57.8 Å². The van der Waals surface area contributed by atoms with Gasteiger partial charge < -0.3 is 0 Å². The van der Waals surface area contributed by atoms with Gasteiger partial charge in [-0.25, -0.2) is 4.98 Å². The first-order chi connectivity index (χ1) is 7.41. The van der Waals surface area contributed by atoms with E-state index < -0.39 is 9.58 Å². The van der Waals surface area contributed by atoms with E-state index in [1.165, 1.54) is 10.6 Å². The molecule has 2 rings (SSSR count). The second kappa shape index (κ2) is 4.08. The molecular weight excluding hydrogens is 294 g/mol. The molecule has 0 saturated carbocycles. The summed E-state index contributed by atoms with van der Waals surface area (Å²) in [6, 6.07) is 5.03. The molecule has 3 nitrogen and oxygen atoms in total. The summed E-state index contributed by atoms with van der Waals surface area (Å²) < 4.78 is -0.596. The Morgan fingerprint density at radius 1 is 1.31 bits per heavy atom. The molecule has 7 heteroatoms. The van der Waals surface area contributed by atoms with Crippen LogP contribution in [0.1, 0.15) is 10.5 Å². The Balaban J connectivity index is 2.67. The van der Waals surface area contributed by atoms with Gasteiger partial charge in [0.25, 0.3) is 3.79 Å². The maximum absolute atomic E-state index is 11.8. The van der Waals surface area contributed by atoms with Gasteiger partial charge in [0.2, 0.25) is 5.78 Å². The third kappa shape index (κ3) is 2.00. The lowest BCUT2D eigenvalue weighted by Gasteiger charge is -2.09. The molecule has 0 saturated heterocycles. The first kappa shape index (κ1) is 12.0. The minimum atomic E-state index is -2.02. The molecule has 0 bridgehead atoms. The van der Waals surface area contributed by atoms with E-state index in [2.05, 4.69) is 4.98 Å². The zero-order chi connectivity index (χ0) is 11.9. The number of imidazole rings is 1. The van der Waals surface area contributed by atoms with Crippen molar-refractivity contribution in [3.05, 3.63) is 35.2 Å². The van der Waals surface area contributed by atoms with Crippen LogP contribution in [0.5, 0.6) is 0 Å². The predicted molar refractivity (Wildman–Crippen MR) is 64.8 cm³/mol. The molecule has 2 aromatic heterocycles. The molecule has 0 amide bonds. The largest absolute Gasteiger partial charge is 0.288 e.